The van der Waals surface area contributed by atoms with E-state index in [-0.39, 0.29) is 36.1 Å². The smallest absolute Gasteiger partial charge is 0.290 e. The first kappa shape index (κ1) is 29.1. The summed E-state index contributed by atoms with van der Waals surface area (Å²) in [4.78, 5) is 7.10. The van der Waals surface area contributed by atoms with Gasteiger partial charge in [0.25, 0.3) is 6.02 Å². The van der Waals surface area contributed by atoms with E-state index in [1.807, 2.05) is 30.3 Å². The van der Waals surface area contributed by atoms with E-state index >= 15 is 0 Å². The summed E-state index contributed by atoms with van der Waals surface area (Å²) in [7, 11) is 0. The second-order valence-corrected chi connectivity index (χ2v) is 7.94. The Bertz CT molecular complexity index is 847. The van der Waals surface area contributed by atoms with Crippen molar-refractivity contribution in [2.24, 2.45) is 4.99 Å². The van der Waals surface area contributed by atoms with Gasteiger partial charge in [-0.25, -0.2) is 4.39 Å². The van der Waals surface area contributed by atoms with Crippen molar-refractivity contribution in [3.05, 3.63) is 65.5 Å². The van der Waals surface area contributed by atoms with Gasteiger partial charge in [-0.1, -0.05) is 30.3 Å². The maximum Gasteiger partial charge on any atom is 0.290 e. The highest BCUT2D eigenvalue weighted by Crippen LogP contribution is 2.24. The van der Waals surface area contributed by atoms with Crippen LogP contribution in [-0.2, 0) is 22.5 Å². The van der Waals surface area contributed by atoms with Gasteiger partial charge in [0, 0.05) is 37.8 Å². The average Bonchev–Trinajstić information content (AvgIpc) is 2.78. The summed E-state index contributed by atoms with van der Waals surface area (Å²) in [6.45, 7) is 5.26. The van der Waals surface area contributed by atoms with Gasteiger partial charge in [0.15, 0.2) is 0 Å². The first-order chi connectivity index (χ1) is 14.8. The monoisotopic (exact) mass is 501 g/mol. The fourth-order valence-corrected chi connectivity index (χ4v) is 3.91. The molecule has 0 aliphatic carbocycles. The van der Waals surface area contributed by atoms with Crippen molar-refractivity contribution in [2.45, 2.75) is 38.3 Å². The molecule has 0 unspecified atom stereocenters. The lowest BCUT2D eigenvalue weighted by Crippen LogP contribution is -2.45. The molecule has 33 heavy (non-hydrogen) atoms. The third-order valence-electron chi connectivity index (χ3n) is 5.70. The van der Waals surface area contributed by atoms with Gasteiger partial charge in [0.05, 0.1) is 12.3 Å². The molecule has 0 spiro atoms. The van der Waals surface area contributed by atoms with Crippen LogP contribution in [0.25, 0.3) is 0 Å². The van der Waals surface area contributed by atoms with Gasteiger partial charge in [-0.3, -0.25) is 0 Å². The molecule has 0 radical (unpaired) electrons. The molecule has 6 nitrogen and oxygen atoms in total. The molecule has 1 saturated heterocycles. The molecule has 184 valence electrons. The maximum atomic E-state index is 12.9. The fourth-order valence-electron chi connectivity index (χ4n) is 3.91. The summed E-state index contributed by atoms with van der Waals surface area (Å²) >= 11 is 0. The van der Waals surface area contributed by atoms with Crippen LogP contribution in [0.3, 0.4) is 0 Å². The van der Waals surface area contributed by atoms with Crippen LogP contribution in [0.15, 0.2) is 53.5 Å². The maximum absolute atomic E-state index is 12.9. The number of likely N-dealkylation sites (tertiary alicyclic amines) is 1. The van der Waals surface area contributed by atoms with Gasteiger partial charge in [0.1, 0.15) is 12.4 Å². The van der Waals surface area contributed by atoms with Crippen LogP contribution in [-0.4, -0.2) is 55.3 Å². The van der Waals surface area contributed by atoms with Gasteiger partial charge < -0.3 is 25.2 Å². The van der Waals surface area contributed by atoms with Crippen LogP contribution < -0.4 is 5.32 Å². The minimum absolute atomic E-state index is 0. The summed E-state index contributed by atoms with van der Waals surface area (Å²) in [5.41, 5.74) is 3.25. The Kier molecular flexibility index (Phi) is 13.3. The van der Waals surface area contributed by atoms with Crippen LogP contribution in [0.2, 0.25) is 0 Å². The molecule has 2 aromatic rings. The number of nitrogens with one attached hydrogen (secondary N) is 1. The molecular weight excluding hydrogens is 468 g/mol. The Morgan fingerprint density at radius 3 is 2.52 bits per heavy atom. The number of aliphatic imine (C=N–C) groups is 1. The molecule has 0 saturated carbocycles. The van der Waals surface area contributed by atoms with E-state index < -0.39 is 0 Å². The number of piperidine rings is 1. The second-order valence-electron chi connectivity index (χ2n) is 7.94. The first-order valence-corrected chi connectivity index (χ1v) is 10.9. The average molecular weight is 502 g/mol. The summed E-state index contributed by atoms with van der Waals surface area (Å²) in [6, 6.07) is 15.8. The van der Waals surface area contributed by atoms with Crippen molar-refractivity contribution in [1.29, 1.82) is 0 Å². The van der Waals surface area contributed by atoms with E-state index in [2.05, 4.69) is 21.3 Å². The minimum atomic E-state index is -0.191. The Morgan fingerprint density at radius 1 is 1.03 bits per heavy atom. The molecule has 9 heteroatoms. The van der Waals surface area contributed by atoms with Gasteiger partial charge in [-0.2, -0.15) is 4.99 Å². The van der Waals surface area contributed by atoms with Crippen LogP contribution in [0, 0.1) is 5.82 Å². The number of hydrogen-bond acceptors (Lipinski definition) is 5. The number of nitrogens with zero attached hydrogens (tertiary/aromatic N) is 2. The molecule has 2 aromatic carbocycles. The van der Waals surface area contributed by atoms with Crippen molar-refractivity contribution in [3.8, 4) is 0 Å². The Hall–Kier alpha value is -1.90. The number of benzene rings is 2. The lowest BCUT2D eigenvalue weighted by molar-refractivity contribution is 0.116. The highest BCUT2D eigenvalue weighted by molar-refractivity contribution is 5.85. The molecule has 2 aliphatic heterocycles. The summed E-state index contributed by atoms with van der Waals surface area (Å²) in [5, 5.41) is 3.48. The van der Waals surface area contributed by atoms with Gasteiger partial charge in [0.2, 0.25) is 0 Å². The molecule has 0 aromatic heterocycles. The highest BCUT2D eigenvalue weighted by Gasteiger charge is 2.21. The Morgan fingerprint density at radius 2 is 1.76 bits per heavy atom. The third kappa shape index (κ3) is 9.10. The van der Waals surface area contributed by atoms with Crippen molar-refractivity contribution < 1.29 is 19.3 Å². The topological polar surface area (TPSA) is 77.6 Å². The van der Waals surface area contributed by atoms with Gasteiger partial charge in [-0.05, 0) is 49.4 Å². The summed E-state index contributed by atoms with van der Waals surface area (Å²) < 4.78 is 24.4. The lowest BCUT2D eigenvalue weighted by atomic mass is 10.1. The molecule has 0 bridgehead atoms. The molecular formula is C24H34Cl2FN3O3. The van der Waals surface area contributed by atoms with Crippen LogP contribution in [0.4, 0.5) is 10.1 Å². The molecule has 1 fully saturated rings. The van der Waals surface area contributed by atoms with Crippen LogP contribution >= 0.6 is 24.8 Å². The quantitative estimate of drug-likeness (QED) is 0.553. The molecule has 3 N–H and O–H groups in total. The summed E-state index contributed by atoms with van der Waals surface area (Å²) in [5.74, 6) is -0.191. The molecule has 2 aliphatic rings. The zero-order valence-corrected chi connectivity index (χ0v) is 20.3. The van der Waals surface area contributed by atoms with Crippen molar-refractivity contribution in [1.82, 2.24) is 10.2 Å². The zero-order chi connectivity index (χ0) is 20.6. The Balaban J connectivity index is 0.00000181. The molecule has 0 amide bonds. The van der Waals surface area contributed by atoms with Crippen molar-refractivity contribution in [3.63, 3.8) is 0 Å². The number of hydrogen-bond donors (Lipinski definition) is 1. The van der Waals surface area contributed by atoms with E-state index in [9.17, 15) is 4.39 Å². The van der Waals surface area contributed by atoms with Crippen LogP contribution in [0.5, 0.6) is 0 Å². The highest BCUT2D eigenvalue weighted by atomic mass is 35.5. The van der Waals surface area contributed by atoms with E-state index in [1.165, 1.54) is 12.1 Å². The molecule has 4 rings (SSSR count). The number of fused-ring (bicyclic) bond motifs is 1. The SMILES string of the molecule is Cl.Cl.Fc1ccc(CCOCCCN2CCC(NC3=Nc4ccccc4CO3)CC2)cc1.O. The minimum Gasteiger partial charge on any atom is -0.460 e. The predicted octanol–water partition coefficient (Wildman–Crippen LogP) is 4.07. The fraction of sp³-hybridized carbons (Fsp3) is 0.458. The van der Waals surface area contributed by atoms with Crippen molar-refractivity contribution in [2.75, 3.05) is 32.8 Å². The largest absolute Gasteiger partial charge is 0.460 e. The second kappa shape index (κ2) is 15.1. The lowest BCUT2D eigenvalue weighted by Gasteiger charge is -2.33. The van der Waals surface area contributed by atoms with Gasteiger partial charge in [-0.15, -0.1) is 24.8 Å². The molecule has 2 heterocycles. The third-order valence-corrected chi connectivity index (χ3v) is 5.70. The Labute approximate surface area is 207 Å². The molecule has 0 atom stereocenters. The standard InChI is InChI=1S/C24H30FN3O2.2ClH.H2O/c25-21-8-6-19(7-9-21)12-17-29-16-3-13-28-14-10-22(11-15-28)26-24-27-23-5-2-1-4-20(23)18-30-24;;;/h1-2,4-9,22H,3,10-18H2,(H,26,27);2*1H;1H2. The number of rotatable bonds is 8. The van der Waals surface area contributed by atoms with Gasteiger partial charge >= 0.3 is 0 Å². The number of halogens is 3. The zero-order valence-electron chi connectivity index (χ0n) is 18.7. The number of para-hydroxylation sites is 1. The van der Waals surface area contributed by atoms with E-state index in [4.69, 9.17) is 9.47 Å². The normalized spacial score (nSPS) is 15.6. The number of ether oxygens (including phenoxy) is 2. The van der Waals surface area contributed by atoms with E-state index in [0.717, 1.165) is 68.7 Å². The first-order valence-electron chi connectivity index (χ1n) is 10.9. The predicted molar refractivity (Wildman–Crippen MR) is 135 cm³/mol. The van der Waals surface area contributed by atoms with E-state index in [0.29, 0.717) is 25.3 Å². The number of amidine groups is 1. The van der Waals surface area contributed by atoms with Crippen molar-refractivity contribution >= 4 is 36.5 Å². The van der Waals surface area contributed by atoms with E-state index in [1.54, 1.807) is 0 Å². The summed E-state index contributed by atoms with van der Waals surface area (Å²) in [6.07, 6.45) is 4.05. The van der Waals surface area contributed by atoms with Crippen LogP contribution in [0.1, 0.15) is 30.4 Å².